The molecule has 0 saturated heterocycles. The highest BCUT2D eigenvalue weighted by atomic mass is 35.5. The minimum absolute atomic E-state index is 0.231. The standard InChI is InChI=1S/C26H27ClN4O2/c1-4-5-9-24-29-23-15-22(30-26(32)19-7-6-8-20(27)14-19)17(2)28-25(23)31(24)16-18-10-12-21(33-3)13-11-18/h6-8,10-15H,4-5,9,16H2,1-3H3,(H,30,32). The SMILES string of the molecule is CCCCc1nc2cc(NC(=O)c3cccc(Cl)c3)c(C)nc2n1Cc1ccc(OC)cc1. The molecule has 0 fully saturated rings. The number of fused-ring (bicyclic) bond motifs is 1. The lowest BCUT2D eigenvalue weighted by atomic mass is 10.2. The summed E-state index contributed by atoms with van der Waals surface area (Å²) in [4.78, 5) is 22.4. The number of unbranched alkanes of at least 4 members (excludes halogenated alkanes) is 1. The Labute approximate surface area is 198 Å². The van der Waals surface area contributed by atoms with E-state index in [-0.39, 0.29) is 5.91 Å². The molecule has 33 heavy (non-hydrogen) atoms. The molecule has 0 unspecified atom stereocenters. The number of aryl methyl sites for hydroxylation is 2. The van der Waals surface area contributed by atoms with Gasteiger partial charge in [-0.15, -0.1) is 0 Å². The number of halogens is 1. The number of pyridine rings is 1. The van der Waals surface area contributed by atoms with Gasteiger partial charge in [0.1, 0.15) is 17.1 Å². The van der Waals surface area contributed by atoms with Crippen LogP contribution in [-0.2, 0) is 13.0 Å². The Morgan fingerprint density at radius 2 is 1.91 bits per heavy atom. The van der Waals surface area contributed by atoms with Crippen molar-refractivity contribution in [2.75, 3.05) is 12.4 Å². The minimum Gasteiger partial charge on any atom is -0.497 e. The second kappa shape index (κ2) is 10.0. The summed E-state index contributed by atoms with van der Waals surface area (Å²) < 4.78 is 7.45. The van der Waals surface area contributed by atoms with E-state index in [0.29, 0.717) is 22.8 Å². The van der Waals surface area contributed by atoms with Gasteiger partial charge >= 0.3 is 0 Å². The van der Waals surface area contributed by atoms with Crippen LogP contribution in [0.5, 0.6) is 5.75 Å². The highest BCUT2D eigenvalue weighted by Crippen LogP contribution is 2.25. The molecule has 7 heteroatoms. The molecule has 170 valence electrons. The number of methoxy groups -OCH3 is 1. The van der Waals surface area contributed by atoms with Gasteiger partial charge in [-0.05, 0) is 55.3 Å². The summed E-state index contributed by atoms with van der Waals surface area (Å²) in [5.74, 6) is 1.59. The first-order chi connectivity index (χ1) is 16.0. The molecule has 0 radical (unpaired) electrons. The summed E-state index contributed by atoms with van der Waals surface area (Å²) in [6, 6.07) is 16.8. The summed E-state index contributed by atoms with van der Waals surface area (Å²) >= 11 is 6.03. The Kier molecular flexibility index (Phi) is 6.94. The van der Waals surface area contributed by atoms with E-state index in [1.165, 1.54) is 0 Å². The Balaban J connectivity index is 1.68. The molecule has 2 heterocycles. The number of imidazole rings is 1. The maximum atomic E-state index is 12.7. The number of nitrogens with one attached hydrogen (secondary N) is 1. The van der Waals surface area contributed by atoms with E-state index in [1.807, 2.05) is 25.1 Å². The predicted molar refractivity (Wildman–Crippen MR) is 132 cm³/mol. The van der Waals surface area contributed by atoms with Crippen molar-refractivity contribution in [3.8, 4) is 5.75 Å². The third kappa shape index (κ3) is 5.17. The van der Waals surface area contributed by atoms with E-state index in [4.69, 9.17) is 26.3 Å². The lowest BCUT2D eigenvalue weighted by Gasteiger charge is -2.11. The molecule has 4 rings (SSSR count). The van der Waals surface area contributed by atoms with Gasteiger partial charge in [0, 0.05) is 17.0 Å². The first kappa shape index (κ1) is 22.8. The smallest absolute Gasteiger partial charge is 0.255 e. The number of amides is 1. The van der Waals surface area contributed by atoms with E-state index in [9.17, 15) is 4.79 Å². The molecule has 6 nitrogen and oxygen atoms in total. The second-order valence-corrected chi connectivity index (χ2v) is 8.43. The van der Waals surface area contributed by atoms with Crippen LogP contribution in [0.1, 0.15) is 47.2 Å². The maximum absolute atomic E-state index is 12.7. The Hall–Kier alpha value is -3.38. The largest absolute Gasteiger partial charge is 0.497 e. The normalized spacial score (nSPS) is 11.0. The fourth-order valence-electron chi connectivity index (χ4n) is 3.74. The van der Waals surface area contributed by atoms with Crippen LogP contribution in [0.3, 0.4) is 0 Å². The number of nitrogens with zero attached hydrogens (tertiary/aromatic N) is 3. The van der Waals surface area contributed by atoms with Gasteiger partial charge in [0.05, 0.1) is 25.0 Å². The summed E-state index contributed by atoms with van der Waals surface area (Å²) in [5, 5.41) is 3.48. The fourth-order valence-corrected chi connectivity index (χ4v) is 3.93. The van der Waals surface area contributed by atoms with Crippen molar-refractivity contribution in [1.29, 1.82) is 0 Å². The van der Waals surface area contributed by atoms with Gasteiger partial charge in [-0.1, -0.05) is 43.1 Å². The zero-order chi connectivity index (χ0) is 23.4. The van der Waals surface area contributed by atoms with Gasteiger partial charge in [0.2, 0.25) is 0 Å². The summed E-state index contributed by atoms with van der Waals surface area (Å²) in [5.41, 5.74) is 4.59. The first-order valence-electron chi connectivity index (χ1n) is 11.0. The van der Waals surface area contributed by atoms with Gasteiger partial charge in [0.25, 0.3) is 5.91 Å². The van der Waals surface area contributed by atoms with Crippen LogP contribution >= 0.6 is 11.6 Å². The van der Waals surface area contributed by atoms with Crippen LogP contribution in [0.25, 0.3) is 11.2 Å². The minimum atomic E-state index is -0.231. The maximum Gasteiger partial charge on any atom is 0.255 e. The van der Waals surface area contributed by atoms with E-state index >= 15 is 0 Å². The molecule has 0 atom stereocenters. The Morgan fingerprint density at radius 3 is 2.61 bits per heavy atom. The quantitative estimate of drug-likeness (QED) is 0.346. The third-order valence-electron chi connectivity index (χ3n) is 5.58. The molecular formula is C26H27ClN4O2. The molecular weight excluding hydrogens is 436 g/mol. The average Bonchev–Trinajstić information content (AvgIpc) is 3.14. The van der Waals surface area contributed by atoms with Gasteiger partial charge in [-0.3, -0.25) is 4.79 Å². The zero-order valence-corrected chi connectivity index (χ0v) is 19.8. The number of ether oxygens (including phenoxy) is 1. The van der Waals surface area contributed by atoms with E-state index in [1.54, 1.807) is 31.4 Å². The van der Waals surface area contributed by atoms with Crippen molar-refractivity contribution >= 4 is 34.4 Å². The number of rotatable bonds is 8. The van der Waals surface area contributed by atoms with Gasteiger partial charge in [-0.25, -0.2) is 9.97 Å². The number of anilines is 1. The van der Waals surface area contributed by atoms with E-state index < -0.39 is 0 Å². The van der Waals surface area contributed by atoms with Crippen molar-refractivity contribution in [2.45, 2.75) is 39.7 Å². The molecule has 1 N–H and O–H groups in total. The van der Waals surface area contributed by atoms with Crippen LogP contribution in [0.15, 0.2) is 54.6 Å². The molecule has 1 amide bonds. The van der Waals surface area contributed by atoms with Crippen LogP contribution in [0, 0.1) is 6.92 Å². The van der Waals surface area contributed by atoms with Crippen molar-refractivity contribution in [1.82, 2.24) is 14.5 Å². The first-order valence-corrected chi connectivity index (χ1v) is 11.4. The lowest BCUT2D eigenvalue weighted by molar-refractivity contribution is 0.102. The van der Waals surface area contributed by atoms with Crippen molar-refractivity contribution in [3.63, 3.8) is 0 Å². The number of hydrogen-bond acceptors (Lipinski definition) is 4. The molecule has 4 aromatic rings. The van der Waals surface area contributed by atoms with E-state index in [2.05, 4.69) is 28.9 Å². The van der Waals surface area contributed by atoms with Crippen LogP contribution in [0.4, 0.5) is 5.69 Å². The van der Waals surface area contributed by atoms with Crippen LogP contribution < -0.4 is 10.1 Å². The number of benzene rings is 2. The fraction of sp³-hybridized carbons (Fsp3) is 0.269. The summed E-state index contributed by atoms with van der Waals surface area (Å²) in [6.45, 7) is 4.73. The van der Waals surface area contributed by atoms with Crippen LogP contribution in [-0.4, -0.2) is 27.6 Å². The molecule has 0 aliphatic heterocycles. The Morgan fingerprint density at radius 1 is 1.12 bits per heavy atom. The topological polar surface area (TPSA) is 69.0 Å². The number of hydrogen-bond donors (Lipinski definition) is 1. The molecule has 0 aliphatic rings. The molecule has 2 aromatic heterocycles. The van der Waals surface area contributed by atoms with Gasteiger partial charge < -0.3 is 14.6 Å². The molecule has 0 aliphatic carbocycles. The third-order valence-corrected chi connectivity index (χ3v) is 5.81. The Bertz CT molecular complexity index is 1280. The molecule has 2 aromatic carbocycles. The van der Waals surface area contributed by atoms with Crippen LogP contribution in [0.2, 0.25) is 5.02 Å². The number of carbonyl (C=O) groups is 1. The predicted octanol–water partition coefficient (Wildman–Crippen LogP) is 6.04. The van der Waals surface area contributed by atoms with Crippen molar-refractivity contribution < 1.29 is 9.53 Å². The molecule has 0 spiro atoms. The monoisotopic (exact) mass is 462 g/mol. The van der Waals surface area contributed by atoms with Crippen molar-refractivity contribution in [2.24, 2.45) is 0 Å². The summed E-state index contributed by atoms with van der Waals surface area (Å²) in [6.07, 6.45) is 2.99. The van der Waals surface area contributed by atoms with Gasteiger partial charge in [0.15, 0.2) is 5.65 Å². The van der Waals surface area contributed by atoms with E-state index in [0.717, 1.165) is 53.3 Å². The molecule has 0 saturated carbocycles. The van der Waals surface area contributed by atoms with Gasteiger partial charge in [-0.2, -0.15) is 0 Å². The highest BCUT2D eigenvalue weighted by molar-refractivity contribution is 6.31. The number of carbonyl (C=O) groups excluding carboxylic acids is 1. The van der Waals surface area contributed by atoms with Crippen molar-refractivity contribution in [3.05, 3.63) is 82.3 Å². The zero-order valence-electron chi connectivity index (χ0n) is 19.1. The second-order valence-electron chi connectivity index (χ2n) is 7.99. The molecule has 0 bridgehead atoms. The number of aromatic nitrogens is 3. The lowest BCUT2D eigenvalue weighted by Crippen LogP contribution is -2.13. The summed E-state index contributed by atoms with van der Waals surface area (Å²) in [7, 11) is 1.66. The average molecular weight is 463 g/mol. The highest BCUT2D eigenvalue weighted by Gasteiger charge is 2.16.